The van der Waals surface area contributed by atoms with Crippen LogP contribution in [0.5, 0.6) is 0 Å². The van der Waals surface area contributed by atoms with Gasteiger partial charge in [-0.1, -0.05) is 18.2 Å². The van der Waals surface area contributed by atoms with E-state index in [0.717, 1.165) is 22.4 Å². The van der Waals surface area contributed by atoms with Crippen LogP contribution in [-0.4, -0.2) is 27.0 Å². The Labute approximate surface area is 129 Å². The summed E-state index contributed by atoms with van der Waals surface area (Å²) in [6, 6.07) is 9.54. The van der Waals surface area contributed by atoms with Crippen molar-refractivity contribution < 1.29 is 4.79 Å². The number of nitrogens with zero attached hydrogens (tertiary/aromatic N) is 3. The number of rotatable bonds is 4. The molecule has 1 aromatic carbocycles. The molecule has 0 atom stereocenters. The monoisotopic (exact) mass is 294 g/mol. The standard InChI is InChI=1S/C17H18N4O/c1-12-11-15(14-5-3-4-6-16(14)20-12)17(22)19-8-10-21-9-7-18-13(21)2/h3-7,9,11H,8,10H2,1-2H3,(H,19,22). The van der Waals surface area contributed by atoms with Gasteiger partial charge >= 0.3 is 0 Å². The normalized spacial score (nSPS) is 10.8. The van der Waals surface area contributed by atoms with E-state index in [4.69, 9.17) is 0 Å². The molecule has 5 heteroatoms. The molecule has 5 nitrogen and oxygen atoms in total. The molecule has 1 N–H and O–H groups in total. The number of hydrogen-bond donors (Lipinski definition) is 1. The number of carbonyl (C=O) groups excluding carboxylic acids is 1. The van der Waals surface area contributed by atoms with Gasteiger partial charge in [0.25, 0.3) is 5.91 Å². The van der Waals surface area contributed by atoms with Crippen LogP contribution in [0.1, 0.15) is 21.9 Å². The zero-order chi connectivity index (χ0) is 15.5. The van der Waals surface area contributed by atoms with Gasteiger partial charge in [0.1, 0.15) is 5.82 Å². The van der Waals surface area contributed by atoms with Crippen LogP contribution in [0, 0.1) is 13.8 Å². The minimum atomic E-state index is -0.0699. The summed E-state index contributed by atoms with van der Waals surface area (Å²) in [5, 5.41) is 3.85. The first-order chi connectivity index (χ1) is 10.6. The summed E-state index contributed by atoms with van der Waals surface area (Å²) >= 11 is 0. The van der Waals surface area contributed by atoms with Crippen LogP contribution in [0.4, 0.5) is 0 Å². The summed E-state index contributed by atoms with van der Waals surface area (Å²) in [5.41, 5.74) is 2.36. The van der Waals surface area contributed by atoms with Crippen molar-refractivity contribution in [2.45, 2.75) is 20.4 Å². The maximum Gasteiger partial charge on any atom is 0.252 e. The van der Waals surface area contributed by atoms with Crippen molar-refractivity contribution in [2.75, 3.05) is 6.54 Å². The molecule has 3 aromatic rings. The number of pyridine rings is 1. The Morgan fingerprint density at radius 2 is 2.09 bits per heavy atom. The number of benzene rings is 1. The molecular formula is C17H18N4O. The molecule has 0 aliphatic heterocycles. The van der Waals surface area contributed by atoms with E-state index in [0.29, 0.717) is 18.7 Å². The van der Waals surface area contributed by atoms with E-state index < -0.39 is 0 Å². The maximum absolute atomic E-state index is 12.5. The summed E-state index contributed by atoms with van der Waals surface area (Å²) in [7, 11) is 0. The molecule has 0 radical (unpaired) electrons. The molecule has 0 saturated heterocycles. The topological polar surface area (TPSA) is 59.8 Å². The van der Waals surface area contributed by atoms with E-state index in [-0.39, 0.29) is 5.91 Å². The molecule has 0 aliphatic rings. The first-order valence-electron chi connectivity index (χ1n) is 7.27. The molecule has 3 rings (SSSR count). The molecule has 2 heterocycles. The zero-order valence-corrected chi connectivity index (χ0v) is 12.7. The Hall–Kier alpha value is -2.69. The number of para-hydroxylation sites is 1. The summed E-state index contributed by atoms with van der Waals surface area (Å²) < 4.78 is 2.01. The van der Waals surface area contributed by atoms with Crippen LogP contribution in [0.3, 0.4) is 0 Å². The fourth-order valence-electron chi connectivity index (χ4n) is 2.52. The molecule has 0 bridgehead atoms. The Kier molecular flexibility index (Phi) is 3.87. The molecule has 0 fully saturated rings. The van der Waals surface area contributed by atoms with E-state index in [1.54, 1.807) is 6.20 Å². The van der Waals surface area contributed by atoms with E-state index >= 15 is 0 Å². The number of aryl methyl sites for hydroxylation is 2. The number of carbonyl (C=O) groups is 1. The van der Waals surface area contributed by atoms with Crippen molar-refractivity contribution >= 4 is 16.8 Å². The van der Waals surface area contributed by atoms with E-state index in [9.17, 15) is 4.79 Å². The second-order valence-corrected chi connectivity index (χ2v) is 5.25. The fourth-order valence-corrected chi connectivity index (χ4v) is 2.52. The summed E-state index contributed by atoms with van der Waals surface area (Å²) in [4.78, 5) is 21.1. The quantitative estimate of drug-likeness (QED) is 0.804. The molecule has 0 unspecified atom stereocenters. The predicted octanol–water partition coefficient (Wildman–Crippen LogP) is 2.48. The molecule has 0 spiro atoms. The Morgan fingerprint density at radius 3 is 2.86 bits per heavy atom. The van der Waals surface area contributed by atoms with Gasteiger partial charge in [0.15, 0.2) is 0 Å². The van der Waals surface area contributed by atoms with Crippen LogP contribution in [-0.2, 0) is 6.54 Å². The number of aromatic nitrogens is 3. The summed E-state index contributed by atoms with van der Waals surface area (Å²) in [6.07, 6.45) is 3.67. The first kappa shape index (κ1) is 14.3. The van der Waals surface area contributed by atoms with Crippen molar-refractivity contribution in [3.05, 3.63) is 59.8 Å². The van der Waals surface area contributed by atoms with Crippen LogP contribution in [0.2, 0.25) is 0 Å². The lowest BCUT2D eigenvalue weighted by Gasteiger charge is -2.10. The van der Waals surface area contributed by atoms with Crippen LogP contribution in [0.15, 0.2) is 42.7 Å². The second-order valence-electron chi connectivity index (χ2n) is 5.25. The lowest BCUT2D eigenvalue weighted by molar-refractivity contribution is 0.0953. The first-order valence-corrected chi connectivity index (χ1v) is 7.27. The SMILES string of the molecule is Cc1cc(C(=O)NCCn2ccnc2C)c2ccccc2n1. The lowest BCUT2D eigenvalue weighted by Crippen LogP contribution is -2.27. The van der Waals surface area contributed by atoms with Crippen molar-refractivity contribution in [3.8, 4) is 0 Å². The highest BCUT2D eigenvalue weighted by molar-refractivity contribution is 6.06. The molecule has 22 heavy (non-hydrogen) atoms. The third-order valence-electron chi connectivity index (χ3n) is 3.65. The van der Waals surface area contributed by atoms with Gasteiger partial charge in [-0.05, 0) is 26.0 Å². The van der Waals surface area contributed by atoms with Crippen molar-refractivity contribution in [1.82, 2.24) is 19.9 Å². The van der Waals surface area contributed by atoms with E-state index in [1.165, 1.54) is 0 Å². The lowest BCUT2D eigenvalue weighted by atomic mass is 10.1. The number of fused-ring (bicyclic) bond motifs is 1. The average molecular weight is 294 g/mol. The Bertz CT molecular complexity index is 822. The highest BCUT2D eigenvalue weighted by Gasteiger charge is 2.11. The Balaban J connectivity index is 1.76. The van der Waals surface area contributed by atoms with Gasteiger partial charge in [0.05, 0.1) is 11.1 Å². The molecule has 112 valence electrons. The van der Waals surface area contributed by atoms with E-state index in [1.807, 2.05) is 54.9 Å². The number of nitrogens with one attached hydrogen (secondary N) is 1. The smallest absolute Gasteiger partial charge is 0.252 e. The Morgan fingerprint density at radius 1 is 1.27 bits per heavy atom. The van der Waals surface area contributed by atoms with Gasteiger partial charge in [0, 0.05) is 36.6 Å². The van der Waals surface area contributed by atoms with E-state index in [2.05, 4.69) is 15.3 Å². The van der Waals surface area contributed by atoms with Crippen molar-refractivity contribution in [3.63, 3.8) is 0 Å². The average Bonchev–Trinajstić information content (AvgIpc) is 2.91. The number of amides is 1. The van der Waals surface area contributed by atoms with Crippen LogP contribution >= 0.6 is 0 Å². The fraction of sp³-hybridized carbons (Fsp3) is 0.235. The molecular weight excluding hydrogens is 276 g/mol. The number of hydrogen-bond acceptors (Lipinski definition) is 3. The van der Waals surface area contributed by atoms with Gasteiger partial charge < -0.3 is 9.88 Å². The van der Waals surface area contributed by atoms with Crippen LogP contribution in [0.25, 0.3) is 10.9 Å². The third-order valence-corrected chi connectivity index (χ3v) is 3.65. The van der Waals surface area contributed by atoms with Gasteiger partial charge in [-0.25, -0.2) is 4.98 Å². The highest BCUT2D eigenvalue weighted by Crippen LogP contribution is 2.18. The third kappa shape index (κ3) is 2.83. The number of imidazole rings is 1. The molecule has 2 aromatic heterocycles. The largest absolute Gasteiger partial charge is 0.350 e. The molecule has 0 saturated carbocycles. The highest BCUT2D eigenvalue weighted by atomic mass is 16.1. The minimum absolute atomic E-state index is 0.0699. The summed E-state index contributed by atoms with van der Waals surface area (Å²) in [6.45, 7) is 5.12. The zero-order valence-electron chi connectivity index (χ0n) is 12.7. The van der Waals surface area contributed by atoms with Crippen molar-refractivity contribution in [1.29, 1.82) is 0 Å². The minimum Gasteiger partial charge on any atom is -0.350 e. The van der Waals surface area contributed by atoms with Gasteiger partial charge in [0.2, 0.25) is 0 Å². The van der Waals surface area contributed by atoms with Crippen LogP contribution < -0.4 is 5.32 Å². The predicted molar refractivity (Wildman–Crippen MR) is 85.8 cm³/mol. The van der Waals surface area contributed by atoms with Gasteiger partial charge in [-0.2, -0.15) is 0 Å². The second kappa shape index (κ2) is 5.97. The molecule has 1 amide bonds. The van der Waals surface area contributed by atoms with Gasteiger partial charge in [-0.15, -0.1) is 0 Å². The van der Waals surface area contributed by atoms with Crippen molar-refractivity contribution in [2.24, 2.45) is 0 Å². The summed E-state index contributed by atoms with van der Waals surface area (Å²) in [5.74, 6) is 0.874. The van der Waals surface area contributed by atoms with Gasteiger partial charge in [-0.3, -0.25) is 9.78 Å². The molecule has 0 aliphatic carbocycles. The maximum atomic E-state index is 12.5.